The lowest BCUT2D eigenvalue weighted by Gasteiger charge is -2.26. The van der Waals surface area contributed by atoms with Crippen LogP contribution in [0.2, 0.25) is 0 Å². The number of ether oxygens (including phenoxy) is 3. The zero-order valence-electron chi connectivity index (χ0n) is 49.9. The molecule has 0 fully saturated rings. The van der Waals surface area contributed by atoms with Crippen LogP contribution in [-0.2, 0) is 55.4 Å². The molecule has 452 valence electrons. The van der Waals surface area contributed by atoms with E-state index in [0.29, 0.717) is 70.4 Å². The summed E-state index contributed by atoms with van der Waals surface area (Å²) in [4.78, 5) is 89.7. The van der Waals surface area contributed by atoms with Crippen LogP contribution in [0.4, 0.5) is 28.4 Å². The van der Waals surface area contributed by atoms with E-state index in [1.165, 1.54) is 28.7 Å². The Morgan fingerprint density at radius 1 is 0.741 bits per heavy atom. The van der Waals surface area contributed by atoms with Crippen molar-refractivity contribution >= 4 is 95.3 Å². The number of likely N-dealkylation sites (N-methyl/N-ethyl adjacent to an activating group) is 2. The van der Waals surface area contributed by atoms with Gasteiger partial charge in [0.15, 0.2) is 23.1 Å². The van der Waals surface area contributed by atoms with E-state index >= 15 is 0 Å². The molecule has 85 heavy (non-hydrogen) atoms. The van der Waals surface area contributed by atoms with E-state index in [-0.39, 0.29) is 79.7 Å². The quantitative estimate of drug-likeness (QED) is 0.0386. The Labute approximate surface area is 506 Å². The van der Waals surface area contributed by atoms with Gasteiger partial charge in [-0.1, -0.05) is 78.8 Å². The number of anilines is 5. The maximum atomic E-state index is 14.3. The van der Waals surface area contributed by atoms with E-state index in [2.05, 4.69) is 32.6 Å². The van der Waals surface area contributed by atoms with Gasteiger partial charge in [0, 0.05) is 91.6 Å². The summed E-state index contributed by atoms with van der Waals surface area (Å²) >= 11 is 0. The number of amides is 4. The molecular weight excluding hydrogens is 1140 g/mol. The van der Waals surface area contributed by atoms with Gasteiger partial charge in [-0.05, 0) is 124 Å². The smallest absolute Gasteiger partial charge is 0.275 e. The lowest BCUT2D eigenvalue weighted by Crippen LogP contribution is -2.41. The Hall–Kier alpha value is -7.07. The predicted molar refractivity (Wildman–Crippen MR) is 336 cm³/mol. The van der Waals surface area contributed by atoms with Crippen LogP contribution in [0.5, 0.6) is 17.2 Å². The molecule has 4 heterocycles. The fraction of sp³-hybridized carbons (Fsp3) is 0.438. The van der Waals surface area contributed by atoms with E-state index in [1.54, 1.807) is 45.9 Å². The zero-order chi connectivity index (χ0) is 61.2. The number of carbonyl (C=O) groups excluding carboxylic acids is 6. The molecule has 0 saturated carbocycles. The van der Waals surface area contributed by atoms with Crippen molar-refractivity contribution < 1.29 is 55.9 Å². The highest BCUT2D eigenvalue weighted by atomic mass is 33.1. The van der Waals surface area contributed by atoms with E-state index in [0.717, 1.165) is 46.6 Å². The van der Waals surface area contributed by atoms with Gasteiger partial charge in [-0.2, -0.15) is 8.42 Å². The molecule has 0 saturated heterocycles. The topological polar surface area (TPSA) is 221 Å². The fourth-order valence-electron chi connectivity index (χ4n) is 11.7. The first-order valence-electron chi connectivity index (χ1n) is 28.8. The van der Waals surface area contributed by atoms with Crippen LogP contribution >= 0.6 is 21.6 Å². The van der Waals surface area contributed by atoms with Gasteiger partial charge in [-0.25, -0.2) is 0 Å². The van der Waals surface area contributed by atoms with Crippen molar-refractivity contribution in [1.29, 1.82) is 0 Å². The van der Waals surface area contributed by atoms with E-state index in [1.807, 2.05) is 105 Å². The van der Waals surface area contributed by atoms with Crippen molar-refractivity contribution in [2.24, 2.45) is 5.92 Å². The number of carbonyl (C=O) groups is 6. The molecule has 21 heteroatoms. The Kier molecular flexibility index (Phi) is 19.0. The number of methoxy groups -OCH3 is 1. The van der Waals surface area contributed by atoms with Crippen LogP contribution in [0.25, 0.3) is 0 Å². The molecule has 18 nitrogen and oxygen atoms in total. The third-order valence-electron chi connectivity index (χ3n) is 16.3. The molecule has 9 rings (SSSR count). The van der Waals surface area contributed by atoms with Gasteiger partial charge in [-0.15, -0.1) is 0 Å². The monoisotopic (exact) mass is 1220 g/mol. The normalized spacial score (nSPS) is 17.6. The number of hydrogen-bond acceptors (Lipinski definition) is 15. The maximum Gasteiger partial charge on any atom is 0.275 e. The number of nitrogens with one attached hydrogen (secondary N) is 2. The molecule has 5 aromatic rings. The number of aryl methyl sites for hydroxylation is 1. The van der Waals surface area contributed by atoms with Crippen molar-refractivity contribution in [3.8, 4) is 17.2 Å². The highest BCUT2D eigenvalue weighted by molar-refractivity contribution is 8.77. The van der Waals surface area contributed by atoms with Crippen molar-refractivity contribution in [2.75, 3.05) is 59.2 Å². The van der Waals surface area contributed by atoms with Crippen molar-refractivity contribution in [2.45, 2.75) is 140 Å². The fourth-order valence-corrected chi connectivity index (χ4v) is 15.5. The lowest BCUT2D eigenvalue weighted by molar-refractivity contribution is -0.129. The molecule has 0 radical (unpaired) electrons. The van der Waals surface area contributed by atoms with Gasteiger partial charge in [-0.3, -0.25) is 33.3 Å². The van der Waals surface area contributed by atoms with Gasteiger partial charge in [0.1, 0.15) is 24.2 Å². The van der Waals surface area contributed by atoms with Gasteiger partial charge < -0.3 is 44.4 Å². The Morgan fingerprint density at radius 3 is 1.84 bits per heavy atom. The molecule has 5 aromatic carbocycles. The number of para-hydroxylation sites is 2. The number of Topliss-reactive ketones (excluding diaryl/α,β-unsaturated/α-hetero) is 2. The van der Waals surface area contributed by atoms with E-state index in [9.17, 15) is 41.7 Å². The summed E-state index contributed by atoms with van der Waals surface area (Å²) in [5, 5.41) is 4.01. The van der Waals surface area contributed by atoms with Gasteiger partial charge in [0.25, 0.3) is 21.9 Å². The van der Waals surface area contributed by atoms with Gasteiger partial charge in [0.05, 0.1) is 47.7 Å². The molecule has 0 aliphatic carbocycles. The first kappa shape index (κ1) is 62.5. The van der Waals surface area contributed by atoms with Crippen LogP contribution in [0.1, 0.15) is 122 Å². The number of fused-ring (bicyclic) bond motifs is 8. The Bertz CT molecular complexity index is 3540. The molecular formula is C64H76N6O12S3. The molecule has 2 unspecified atom stereocenters. The lowest BCUT2D eigenvalue weighted by atomic mass is 9.99. The first-order valence-corrected chi connectivity index (χ1v) is 32.5. The predicted octanol–water partition coefficient (Wildman–Crippen LogP) is 10.2. The summed E-state index contributed by atoms with van der Waals surface area (Å²) in [5.74, 6) is -1.26. The molecule has 3 N–H and O–H groups in total. The summed E-state index contributed by atoms with van der Waals surface area (Å²) < 4.78 is 52.0. The summed E-state index contributed by atoms with van der Waals surface area (Å²) in [5.41, 5.74) is 9.23. The summed E-state index contributed by atoms with van der Waals surface area (Å²) in [6.07, 6.45) is 1.80. The van der Waals surface area contributed by atoms with Crippen LogP contribution < -0.4 is 44.4 Å². The number of hydrogen-bond donors (Lipinski definition) is 3. The average molecular weight is 1220 g/mol. The number of rotatable bonds is 24. The van der Waals surface area contributed by atoms with E-state index in [4.69, 9.17) is 14.2 Å². The second-order valence-electron chi connectivity index (χ2n) is 23.5. The summed E-state index contributed by atoms with van der Waals surface area (Å²) in [7, 11) is 3.76. The highest BCUT2D eigenvalue weighted by Gasteiger charge is 2.41. The molecule has 0 spiro atoms. The number of ketones is 2. The third kappa shape index (κ3) is 14.1. The minimum absolute atomic E-state index is 0.0130. The SMILES string of the molecule is CCC(=O)C(CC(C)SSC(C)(C)CCC(=O)N[C@@H](C)C(=O)C[C@@H](C)C(=O)Nc1cc(COc2cc3c(cc2C)C(=O)N2c4ccccc4C[C@H]2CN3C)cc(COc2cc3c(cc2OC)C(=O)N2c4ccccc4C[C@H]2CN3C)c1)S(=O)(=O)O. The molecule has 4 aliphatic heterocycles. The largest absolute Gasteiger partial charge is 0.493 e. The van der Waals surface area contributed by atoms with Crippen molar-refractivity contribution in [1.82, 2.24) is 5.32 Å². The van der Waals surface area contributed by atoms with Crippen LogP contribution in [0, 0.1) is 12.8 Å². The Balaban J connectivity index is 0.883. The molecule has 6 atom stereocenters. The minimum Gasteiger partial charge on any atom is -0.493 e. The van der Waals surface area contributed by atoms with Gasteiger partial charge >= 0.3 is 0 Å². The molecule has 4 amide bonds. The highest BCUT2D eigenvalue weighted by Crippen LogP contribution is 2.45. The minimum atomic E-state index is -4.55. The van der Waals surface area contributed by atoms with Crippen LogP contribution in [0.3, 0.4) is 0 Å². The summed E-state index contributed by atoms with van der Waals surface area (Å²) in [6, 6.07) is 27.9. The maximum absolute atomic E-state index is 14.3. The average Bonchev–Trinajstić information content (AvgIpc) is 1.92. The van der Waals surface area contributed by atoms with Crippen LogP contribution in [-0.4, -0.2) is 116 Å². The second-order valence-corrected chi connectivity index (χ2v) is 28.5. The molecule has 0 bridgehead atoms. The van der Waals surface area contributed by atoms with Crippen LogP contribution in [0.15, 0.2) is 91.0 Å². The standard InChI is InChI=1S/C64H76N6O12S3/c1-11-54(71)59(85(77,78)79)24-39(4)83-84-64(6,7)21-20-60(73)65-40(5)55(72)23-38(3)61(74)66-45-26-41(35-81-56-31-52-48(22-37(56)2)62(75)69-46(33-67(52)8)28-43-16-12-14-18-50(43)69)25-42(27-45)36-82-58-32-53-49(30-57(58)80-10)63(76)70-47(34-68(53)9)29-44-17-13-15-19-51(44)70/h12-19,22,25-27,30-32,38-40,46-47,59H,11,20-21,23-24,28-29,33-36H2,1-10H3,(H,65,73)(H,66,74)(H,77,78,79)/t38-,39?,40+,46+,47+,59?/m1/s1. The number of benzene rings is 5. The Morgan fingerprint density at radius 2 is 1.28 bits per heavy atom. The summed E-state index contributed by atoms with van der Waals surface area (Å²) in [6.45, 7) is 13.7. The molecule has 4 aliphatic rings. The van der Waals surface area contributed by atoms with Gasteiger partial charge in [0.2, 0.25) is 11.8 Å². The zero-order valence-corrected chi connectivity index (χ0v) is 52.3. The first-order chi connectivity index (χ1) is 40.3. The molecule has 0 aromatic heterocycles. The van der Waals surface area contributed by atoms with E-state index < -0.39 is 43.8 Å². The second kappa shape index (κ2) is 25.9. The third-order valence-corrected chi connectivity index (χ3v) is 21.4. The van der Waals surface area contributed by atoms with Crippen molar-refractivity contribution in [3.63, 3.8) is 0 Å². The number of nitrogens with zero attached hydrogens (tertiary/aromatic N) is 4. The van der Waals surface area contributed by atoms with Crippen molar-refractivity contribution in [3.05, 3.63) is 130 Å².